The van der Waals surface area contributed by atoms with Crippen molar-refractivity contribution in [3.63, 3.8) is 0 Å². The molecular formula is C9H8F5NS. The molecule has 0 aliphatic carbocycles. The fourth-order valence-electron chi connectivity index (χ4n) is 0.963. The van der Waals surface area contributed by atoms with E-state index in [-0.39, 0.29) is 27.9 Å². The topological polar surface area (TPSA) is 26.0 Å². The molecule has 0 aromatic heterocycles. The number of alkyl halides is 5. The van der Waals surface area contributed by atoms with Crippen molar-refractivity contribution in [2.75, 3.05) is 5.73 Å². The Hall–Kier alpha value is -0.980. The average Bonchev–Trinajstić information content (AvgIpc) is 2.20. The molecule has 16 heavy (non-hydrogen) atoms. The molecule has 0 aliphatic rings. The van der Waals surface area contributed by atoms with E-state index in [1.807, 2.05) is 0 Å². The van der Waals surface area contributed by atoms with Crippen molar-refractivity contribution >= 4 is 17.4 Å². The molecule has 2 N–H and O–H groups in total. The van der Waals surface area contributed by atoms with Crippen molar-refractivity contribution in [1.82, 2.24) is 0 Å². The van der Waals surface area contributed by atoms with Gasteiger partial charge in [-0.15, -0.1) is 0 Å². The van der Waals surface area contributed by atoms with E-state index >= 15 is 0 Å². The summed E-state index contributed by atoms with van der Waals surface area (Å²) >= 11 is -0.313. The highest BCUT2D eigenvalue weighted by molar-refractivity contribution is 8.00. The first-order valence-corrected chi connectivity index (χ1v) is 4.98. The van der Waals surface area contributed by atoms with Crippen LogP contribution >= 0.6 is 11.8 Å². The lowest BCUT2D eigenvalue weighted by molar-refractivity contribution is -0.0563. The Morgan fingerprint density at radius 3 is 2.44 bits per heavy atom. The molecule has 1 aromatic rings. The number of nitrogens with two attached hydrogens (primary N) is 1. The molecule has 0 spiro atoms. The lowest BCUT2D eigenvalue weighted by Crippen LogP contribution is -2.21. The van der Waals surface area contributed by atoms with Crippen LogP contribution in [0.5, 0.6) is 0 Å². The minimum absolute atomic E-state index is 0.00932. The summed E-state index contributed by atoms with van der Waals surface area (Å²) in [6.07, 6.45) is -3.77. The maximum Gasteiger partial charge on any atom is 0.357 e. The minimum atomic E-state index is -4.19. The van der Waals surface area contributed by atoms with Crippen LogP contribution in [-0.2, 0) is 6.67 Å². The summed E-state index contributed by atoms with van der Waals surface area (Å²) in [5, 5.41) is -4.19. The van der Waals surface area contributed by atoms with Crippen molar-refractivity contribution in [3.05, 3.63) is 23.8 Å². The quantitative estimate of drug-likeness (QED) is 0.505. The Bertz CT molecular complexity index is 369. The molecule has 0 atom stereocenters. The van der Waals surface area contributed by atoms with E-state index in [4.69, 9.17) is 5.73 Å². The summed E-state index contributed by atoms with van der Waals surface area (Å²) in [6, 6.07) is 3.39. The number of benzene rings is 1. The van der Waals surface area contributed by atoms with Gasteiger partial charge in [0.25, 0.3) is 0 Å². The van der Waals surface area contributed by atoms with Crippen LogP contribution in [0.1, 0.15) is 5.56 Å². The predicted molar refractivity (Wildman–Crippen MR) is 52.5 cm³/mol. The van der Waals surface area contributed by atoms with Crippen LogP contribution in [0.15, 0.2) is 23.1 Å². The highest BCUT2D eigenvalue weighted by Gasteiger charge is 2.41. The van der Waals surface area contributed by atoms with E-state index in [2.05, 4.69) is 0 Å². The van der Waals surface area contributed by atoms with E-state index in [1.165, 1.54) is 6.07 Å². The smallest absolute Gasteiger partial charge is 0.357 e. The van der Waals surface area contributed by atoms with Gasteiger partial charge in [0.15, 0.2) is 0 Å². The molecule has 1 rings (SSSR count). The van der Waals surface area contributed by atoms with Gasteiger partial charge in [0, 0.05) is 16.1 Å². The van der Waals surface area contributed by atoms with Gasteiger partial charge in [-0.05, 0) is 30.0 Å². The molecule has 0 saturated carbocycles. The van der Waals surface area contributed by atoms with E-state index in [1.54, 1.807) is 0 Å². The largest absolute Gasteiger partial charge is 0.398 e. The maximum atomic E-state index is 12.7. The van der Waals surface area contributed by atoms with Gasteiger partial charge < -0.3 is 5.73 Å². The molecule has 1 nitrogen and oxygen atoms in total. The first-order valence-electron chi connectivity index (χ1n) is 4.16. The van der Waals surface area contributed by atoms with Gasteiger partial charge in [-0.25, -0.2) is 13.2 Å². The number of halogens is 5. The molecule has 90 valence electrons. The second-order valence-corrected chi connectivity index (χ2v) is 4.18. The van der Waals surface area contributed by atoms with E-state index in [9.17, 15) is 22.0 Å². The standard InChI is InChI=1S/C9H8F5NS/c10-4-5-3-6(1-2-7(5)15)16-9(13,14)8(11)12/h1-3,8H,4,15H2. The van der Waals surface area contributed by atoms with Crippen molar-refractivity contribution in [1.29, 1.82) is 0 Å². The highest BCUT2D eigenvalue weighted by atomic mass is 32.2. The number of anilines is 1. The number of hydrogen-bond donors (Lipinski definition) is 1. The number of hydrogen-bond acceptors (Lipinski definition) is 2. The van der Waals surface area contributed by atoms with E-state index in [0.29, 0.717) is 0 Å². The van der Waals surface area contributed by atoms with Crippen molar-refractivity contribution in [2.24, 2.45) is 0 Å². The van der Waals surface area contributed by atoms with Crippen LogP contribution < -0.4 is 5.73 Å². The second kappa shape index (κ2) is 4.90. The molecule has 1 aromatic carbocycles. The molecule has 0 unspecified atom stereocenters. The molecular weight excluding hydrogens is 249 g/mol. The summed E-state index contributed by atoms with van der Waals surface area (Å²) < 4.78 is 61.4. The zero-order valence-electron chi connectivity index (χ0n) is 7.89. The molecule has 0 heterocycles. The summed E-state index contributed by atoms with van der Waals surface area (Å²) in [5.74, 6) is 0. The fourth-order valence-corrected chi connectivity index (χ4v) is 1.70. The third-order valence-corrected chi connectivity index (χ3v) is 2.71. The molecule has 0 saturated heterocycles. The van der Waals surface area contributed by atoms with E-state index < -0.39 is 18.4 Å². The monoisotopic (exact) mass is 257 g/mol. The second-order valence-electron chi connectivity index (χ2n) is 2.96. The van der Waals surface area contributed by atoms with Crippen LogP contribution in [0, 0.1) is 0 Å². The summed E-state index contributed by atoms with van der Waals surface area (Å²) in [6.45, 7) is -0.930. The lowest BCUT2D eigenvalue weighted by Gasteiger charge is -2.14. The van der Waals surface area contributed by atoms with Gasteiger partial charge in [0.2, 0.25) is 0 Å². The minimum Gasteiger partial charge on any atom is -0.398 e. The molecule has 0 fully saturated rings. The zero-order chi connectivity index (χ0) is 12.3. The van der Waals surface area contributed by atoms with E-state index in [0.717, 1.165) is 12.1 Å². The first-order chi connectivity index (χ1) is 7.36. The average molecular weight is 257 g/mol. The van der Waals surface area contributed by atoms with Crippen molar-refractivity contribution in [2.45, 2.75) is 23.3 Å². The van der Waals surface area contributed by atoms with Gasteiger partial charge in [-0.1, -0.05) is 0 Å². The van der Waals surface area contributed by atoms with Gasteiger partial charge in [0.05, 0.1) is 0 Å². The zero-order valence-corrected chi connectivity index (χ0v) is 8.71. The molecule has 0 aliphatic heterocycles. The van der Waals surface area contributed by atoms with Gasteiger partial charge in [-0.2, -0.15) is 8.78 Å². The highest BCUT2D eigenvalue weighted by Crippen LogP contribution is 2.41. The molecule has 0 bridgehead atoms. The summed E-state index contributed by atoms with van der Waals surface area (Å²) in [5.41, 5.74) is 5.45. The lowest BCUT2D eigenvalue weighted by atomic mass is 10.2. The number of nitrogen functional groups attached to an aromatic ring is 1. The van der Waals surface area contributed by atoms with Crippen LogP contribution in [0.25, 0.3) is 0 Å². The van der Waals surface area contributed by atoms with Crippen molar-refractivity contribution in [3.8, 4) is 0 Å². The Labute approximate surface area is 92.8 Å². The number of thioether (sulfide) groups is 1. The summed E-state index contributed by atoms with van der Waals surface area (Å²) in [4.78, 5) is -0.146. The third kappa shape index (κ3) is 3.01. The third-order valence-electron chi connectivity index (χ3n) is 1.77. The molecule has 7 heteroatoms. The van der Waals surface area contributed by atoms with Crippen LogP contribution in [0.4, 0.5) is 27.6 Å². The van der Waals surface area contributed by atoms with Crippen LogP contribution in [0.2, 0.25) is 0 Å². The van der Waals surface area contributed by atoms with Gasteiger partial charge in [-0.3, -0.25) is 0 Å². The Morgan fingerprint density at radius 1 is 1.31 bits per heavy atom. The van der Waals surface area contributed by atoms with Gasteiger partial charge >= 0.3 is 11.7 Å². The van der Waals surface area contributed by atoms with Crippen LogP contribution in [0.3, 0.4) is 0 Å². The fraction of sp³-hybridized carbons (Fsp3) is 0.333. The first kappa shape index (κ1) is 13.1. The molecule has 0 amide bonds. The maximum absolute atomic E-state index is 12.7. The Kier molecular flexibility index (Phi) is 4.01. The van der Waals surface area contributed by atoms with Gasteiger partial charge in [0.1, 0.15) is 6.67 Å². The normalized spacial score (nSPS) is 12.1. The molecule has 0 radical (unpaired) electrons. The van der Waals surface area contributed by atoms with Crippen LogP contribution in [-0.4, -0.2) is 11.7 Å². The van der Waals surface area contributed by atoms with Crippen molar-refractivity contribution < 1.29 is 22.0 Å². The Balaban J connectivity index is 2.90. The summed E-state index contributed by atoms with van der Waals surface area (Å²) in [7, 11) is 0. The Morgan fingerprint density at radius 2 is 1.94 bits per heavy atom. The predicted octanol–water partition coefficient (Wildman–Crippen LogP) is 3.69. The SMILES string of the molecule is Nc1ccc(SC(F)(F)C(F)F)cc1CF. The number of rotatable bonds is 4.